The molecule has 0 saturated heterocycles. The lowest BCUT2D eigenvalue weighted by atomic mass is 10.1. The molecule has 1 fully saturated rings. The van der Waals surface area contributed by atoms with Crippen molar-refractivity contribution in [1.29, 1.82) is 10.5 Å². The molecule has 2 aromatic heterocycles. The van der Waals surface area contributed by atoms with E-state index in [9.17, 15) is 18.9 Å². The summed E-state index contributed by atoms with van der Waals surface area (Å²) >= 11 is 0. The molecular formula is C27H23N5O3S. The van der Waals surface area contributed by atoms with E-state index >= 15 is 0 Å². The highest BCUT2D eigenvalue weighted by atomic mass is 32.2. The lowest BCUT2D eigenvalue weighted by molar-refractivity contribution is 0.461. The lowest BCUT2D eigenvalue weighted by Gasteiger charge is -2.12. The molecule has 0 amide bonds. The van der Waals surface area contributed by atoms with Crippen molar-refractivity contribution in [2.75, 3.05) is 10.5 Å². The van der Waals surface area contributed by atoms with Crippen molar-refractivity contribution in [2.24, 2.45) is 0 Å². The molecule has 2 aromatic carbocycles. The number of nitrogens with zero attached hydrogens (tertiary/aromatic N) is 4. The van der Waals surface area contributed by atoms with Crippen LogP contribution in [-0.4, -0.2) is 23.7 Å². The average Bonchev–Trinajstić information content (AvgIpc) is 3.65. The molecule has 1 saturated carbocycles. The van der Waals surface area contributed by atoms with Gasteiger partial charge in [0.1, 0.15) is 23.5 Å². The molecule has 0 unspecified atom stereocenters. The zero-order valence-corrected chi connectivity index (χ0v) is 20.4. The number of nitriles is 2. The summed E-state index contributed by atoms with van der Waals surface area (Å²) in [5.74, 6) is 0.807. The lowest BCUT2D eigenvalue weighted by Crippen LogP contribution is -2.15. The maximum Gasteiger partial charge on any atom is 0.237 e. The van der Waals surface area contributed by atoms with Crippen LogP contribution in [0.1, 0.15) is 43.4 Å². The van der Waals surface area contributed by atoms with E-state index in [1.54, 1.807) is 36.5 Å². The second-order valence-corrected chi connectivity index (χ2v) is 10.5. The van der Waals surface area contributed by atoms with E-state index in [1.807, 2.05) is 31.2 Å². The first kappa shape index (κ1) is 23.4. The number of hydrogen-bond donors (Lipinski definition) is 1. The number of rotatable bonds is 8. The molecule has 4 aromatic rings. The number of aromatic nitrogens is 2. The standard InChI is InChI=1S/C27H23N5O3S/c1-2-14-36(33,34)31-20-7-5-18(6-8-20)26-24(17-29)23-12-11-22(15-25(23)32(26)21-9-10-21)35-27-19(16-28)4-3-13-30-27/h3-8,11-13,15,21,31H,2,9-10,14H2,1H3. The van der Waals surface area contributed by atoms with Gasteiger partial charge in [0.2, 0.25) is 15.9 Å². The van der Waals surface area contributed by atoms with E-state index in [4.69, 9.17) is 4.74 Å². The van der Waals surface area contributed by atoms with Gasteiger partial charge in [-0.3, -0.25) is 4.72 Å². The fraction of sp³-hybridized carbons (Fsp3) is 0.222. The Kier molecular flexibility index (Phi) is 6.09. The molecule has 36 heavy (non-hydrogen) atoms. The number of ether oxygens (including phenoxy) is 1. The van der Waals surface area contributed by atoms with Gasteiger partial charge in [-0.2, -0.15) is 10.5 Å². The van der Waals surface area contributed by atoms with Crippen molar-refractivity contribution < 1.29 is 13.2 Å². The summed E-state index contributed by atoms with van der Waals surface area (Å²) in [5.41, 5.74) is 3.86. The van der Waals surface area contributed by atoms with E-state index in [1.165, 1.54) is 0 Å². The molecule has 0 aliphatic heterocycles. The molecule has 8 nitrogen and oxygen atoms in total. The van der Waals surface area contributed by atoms with Crippen LogP contribution in [0.5, 0.6) is 11.6 Å². The molecule has 0 bridgehead atoms. The predicted octanol–water partition coefficient (Wildman–Crippen LogP) is 5.73. The SMILES string of the molecule is CCCS(=O)(=O)Nc1ccc(-c2c(C#N)c3ccc(Oc4ncccc4C#N)cc3n2C2CC2)cc1. The molecule has 0 atom stereocenters. The van der Waals surface area contributed by atoms with E-state index < -0.39 is 10.0 Å². The minimum Gasteiger partial charge on any atom is -0.438 e. The Hall–Kier alpha value is -4.34. The average molecular weight is 498 g/mol. The smallest absolute Gasteiger partial charge is 0.237 e. The molecular weight excluding hydrogens is 474 g/mol. The van der Waals surface area contributed by atoms with Gasteiger partial charge in [0, 0.05) is 29.4 Å². The molecule has 1 N–H and O–H groups in total. The Labute approximate surface area is 209 Å². The quantitative estimate of drug-likeness (QED) is 0.332. The molecule has 0 radical (unpaired) electrons. The van der Waals surface area contributed by atoms with Gasteiger partial charge < -0.3 is 9.30 Å². The van der Waals surface area contributed by atoms with Gasteiger partial charge in [0.05, 0.1) is 22.5 Å². The Morgan fingerprint density at radius 2 is 1.89 bits per heavy atom. The molecule has 180 valence electrons. The van der Waals surface area contributed by atoms with Crippen LogP contribution in [0.15, 0.2) is 60.8 Å². The molecule has 1 aliphatic rings. The largest absolute Gasteiger partial charge is 0.438 e. The van der Waals surface area contributed by atoms with Crippen LogP contribution in [0.4, 0.5) is 5.69 Å². The summed E-state index contributed by atoms with van der Waals surface area (Å²) in [6.07, 6.45) is 4.10. The Balaban J connectivity index is 1.57. The van der Waals surface area contributed by atoms with Crippen LogP contribution in [0.25, 0.3) is 22.2 Å². The highest BCUT2D eigenvalue weighted by Crippen LogP contribution is 2.45. The normalized spacial score (nSPS) is 13.2. The van der Waals surface area contributed by atoms with Gasteiger partial charge in [-0.15, -0.1) is 0 Å². The Morgan fingerprint density at radius 1 is 1.11 bits per heavy atom. The minimum atomic E-state index is -3.39. The third kappa shape index (κ3) is 4.49. The monoisotopic (exact) mass is 497 g/mol. The van der Waals surface area contributed by atoms with Crippen LogP contribution in [0.3, 0.4) is 0 Å². The first-order valence-electron chi connectivity index (χ1n) is 11.7. The van der Waals surface area contributed by atoms with Crippen LogP contribution >= 0.6 is 0 Å². The van der Waals surface area contributed by atoms with Gasteiger partial charge in [0.25, 0.3) is 0 Å². The van der Waals surface area contributed by atoms with Crippen LogP contribution in [-0.2, 0) is 10.0 Å². The molecule has 5 rings (SSSR count). The first-order valence-corrected chi connectivity index (χ1v) is 13.3. The molecule has 2 heterocycles. The van der Waals surface area contributed by atoms with Crippen molar-refractivity contribution in [3.8, 4) is 35.0 Å². The van der Waals surface area contributed by atoms with Gasteiger partial charge in [-0.05, 0) is 61.2 Å². The summed E-state index contributed by atoms with van der Waals surface area (Å²) in [5, 5.41) is 20.3. The number of benzene rings is 2. The van der Waals surface area contributed by atoms with Crippen molar-refractivity contribution in [1.82, 2.24) is 9.55 Å². The maximum absolute atomic E-state index is 12.1. The van der Waals surface area contributed by atoms with Gasteiger partial charge in [-0.25, -0.2) is 13.4 Å². The van der Waals surface area contributed by atoms with E-state index in [0.717, 1.165) is 35.0 Å². The van der Waals surface area contributed by atoms with Crippen molar-refractivity contribution in [3.63, 3.8) is 0 Å². The molecule has 1 aliphatic carbocycles. The molecule has 0 spiro atoms. The third-order valence-corrected chi connectivity index (χ3v) is 7.50. The van der Waals surface area contributed by atoms with Gasteiger partial charge in [-0.1, -0.05) is 19.1 Å². The number of hydrogen-bond acceptors (Lipinski definition) is 6. The van der Waals surface area contributed by atoms with Crippen molar-refractivity contribution >= 4 is 26.6 Å². The second kappa shape index (κ2) is 9.37. The summed E-state index contributed by atoms with van der Waals surface area (Å²) in [4.78, 5) is 4.17. The Morgan fingerprint density at radius 3 is 2.56 bits per heavy atom. The third-order valence-electron chi connectivity index (χ3n) is 6.01. The number of sulfonamides is 1. The zero-order valence-electron chi connectivity index (χ0n) is 19.6. The fourth-order valence-corrected chi connectivity index (χ4v) is 5.46. The van der Waals surface area contributed by atoms with Gasteiger partial charge in [0.15, 0.2) is 0 Å². The van der Waals surface area contributed by atoms with Crippen LogP contribution in [0.2, 0.25) is 0 Å². The zero-order chi connectivity index (χ0) is 25.3. The summed E-state index contributed by atoms with van der Waals surface area (Å²) in [6.45, 7) is 1.82. The summed E-state index contributed by atoms with van der Waals surface area (Å²) < 4.78 is 35.0. The number of fused-ring (bicyclic) bond motifs is 1. The predicted molar refractivity (Wildman–Crippen MR) is 137 cm³/mol. The van der Waals surface area contributed by atoms with Crippen molar-refractivity contribution in [2.45, 2.75) is 32.2 Å². The van der Waals surface area contributed by atoms with E-state index in [2.05, 4.69) is 26.4 Å². The number of pyridine rings is 1. The Bertz CT molecular complexity index is 1640. The fourth-order valence-electron chi connectivity index (χ4n) is 4.33. The number of anilines is 1. The van der Waals surface area contributed by atoms with E-state index in [0.29, 0.717) is 29.0 Å². The van der Waals surface area contributed by atoms with Crippen LogP contribution in [0, 0.1) is 22.7 Å². The maximum atomic E-state index is 12.1. The minimum absolute atomic E-state index is 0.0576. The molecule has 9 heteroatoms. The number of nitrogens with one attached hydrogen (secondary N) is 1. The van der Waals surface area contributed by atoms with Crippen LogP contribution < -0.4 is 9.46 Å². The summed E-state index contributed by atoms with van der Waals surface area (Å²) in [7, 11) is -3.39. The summed E-state index contributed by atoms with van der Waals surface area (Å²) in [6, 6.07) is 20.6. The second-order valence-electron chi connectivity index (χ2n) is 8.68. The topological polar surface area (TPSA) is 121 Å². The van der Waals surface area contributed by atoms with Gasteiger partial charge >= 0.3 is 0 Å². The van der Waals surface area contributed by atoms with E-state index in [-0.39, 0.29) is 17.7 Å². The highest BCUT2D eigenvalue weighted by molar-refractivity contribution is 7.92. The highest BCUT2D eigenvalue weighted by Gasteiger charge is 2.31. The first-order chi connectivity index (χ1) is 17.4. The van der Waals surface area contributed by atoms with Crippen molar-refractivity contribution in [3.05, 3.63) is 71.9 Å².